The number of ether oxygens (including phenoxy) is 1. The molecule has 178 valence electrons. The highest BCUT2D eigenvalue weighted by atomic mass is 32.1. The van der Waals surface area contributed by atoms with Crippen LogP contribution in [0.5, 0.6) is 0 Å². The molecule has 10 heteroatoms. The van der Waals surface area contributed by atoms with Gasteiger partial charge in [-0.15, -0.1) is 11.3 Å². The van der Waals surface area contributed by atoms with Crippen molar-refractivity contribution in [3.63, 3.8) is 0 Å². The number of hydrogen-bond acceptors (Lipinski definition) is 8. The van der Waals surface area contributed by atoms with Crippen molar-refractivity contribution < 1.29 is 9.53 Å². The van der Waals surface area contributed by atoms with Crippen LogP contribution in [0, 0.1) is 0 Å². The first kappa shape index (κ1) is 21.7. The molecule has 2 aliphatic heterocycles. The Morgan fingerprint density at radius 1 is 1.26 bits per heavy atom. The van der Waals surface area contributed by atoms with E-state index >= 15 is 0 Å². The molecule has 3 aromatic heterocycles. The van der Waals surface area contributed by atoms with Crippen LogP contribution >= 0.6 is 11.3 Å². The van der Waals surface area contributed by atoms with Crippen molar-refractivity contribution in [2.45, 2.75) is 38.1 Å². The molecule has 1 saturated carbocycles. The number of nitrogens with zero attached hydrogens (tertiary/aromatic N) is 5. The molecule has 34 heavy (non-hydrogen) atoms. The lowest BCUT2D eigenvalue weighted by atomic mass is 10.0. The van der Waals surface area contributed by atoms with Crippen LogP contribution in [0.15, 0.2) is 24.5 Å². The third-order valence-electron chi connectivity index (χ3n) is 6.97. The number of carbonyl (C=O) groups excluding carboxylic acids is 1. The molecule has 9 nitrogen and oxygen atoms in total. The number of fused-ring (bicyclic) bond motifs is 1. The molecule has 0 bridgehead atoms. The molecular formula is C24H29N7O2S. The van der Waals surface area contributed by atoms with Gasteiger partial charge in [-0.3, -0.25) is 14.8 Å². The molecule has 0 aromatic carbocycles. The molecule has 0 unspecified atom stereocenters. The number of rotatable bonds is 7. The molecular weight excluding hydrogens is 450 g/mol. The maximum absolute atomic E-state index is 13.3. The summed E-state index contributed by atoms with van der Waals surface area (Å²) < 4.78 is 5.44. The van der Waals surface area contributed by atoms with Gasteiger partial charge in [-0.2, -0.15) is 5.10 Å². The number of aromatic nitrogens is 4. The second-order valence-electron chi connectivity index (χ2n) is 9.67. The van der Waals surface area contributed by atoms with Gasteiger partial charge in [0.15, 0.2) is 0 Å². The maximum Gasteiger partial charge on any atom is 0.255 e. The minimum Gasteiger partial charge on any atom is -0.379 e. The smallest absolute Gasteiger partial charge is 0.255 e. The molecule has 3 aromatic rings. The summed E-state index contributed by atoms with van der Waals surface area (Å²) >= 11 is 1.65. The summed E-state index contributed by atoms with van der Waals surface area (Å²) in [4.78, 5) is 29.0. The summed E-state index contributed by atoms with van der Waals surface area (Å²) in [6, 6.07) is 3.90. The number of H-pyrrole nitrogens is 1. The molecule has 1 saturated heterocycles. The Hall–Kier alpha value is -2.82. The normalized spacial score (nSPS) is 20.1. The third-order valence-corrected chi connectivity index (χ3v) is 8.44. The second kappa shape index (κ2) is 8.44. The fraction of sp³-hybridized carbons (Fsp3) is 0.500. The zero-order chi connectivity index (χ0) is 23.3. The van der Waals surface area contributed by atoms with E-state index < -0.39 is 0 Å². The largest absolute Gasteiger partial charge is 0.379 e. The first-order valence-corrected chi connectivity index (χ1v) is 12.7. The van der Waals surface area contributed by atoms with Gasteiger partial charge < -0.3 is 15.0 Å². The van der Waals surface area contributed by atoms with Gasteiger partial charge in [0.2, 0.25) is 5.95 Å². The number of nitrogens with one attached hydrogen (secondary N) is 2. The monoisotopic (exact) mass is 479 g/mol. The van der Waals surface area contributed by atoms with Gasteiger partial charge in [0.1, 0.15) is 0 Å². The number of amides is 1. The van der Waals surface area contributed by atoms with Gasteiger partial charge in [0.25, 0.3) is 5.91 Å². The van der Waals surface area contributed by atoms with Gasteiger partial charge in [-0.1, -0.05) is 0 Å². The lowest BCUT2D eigenvalue weighted by Gasteiger charge is -2.35. The highest BCUT2D eigenvalue weighted by molar-refractivity contribution is 7.16. The Kier molecular flexibility index (Phi) is 5.39. The van der Waals surface area contributed by atoms with Gasteiger partial charge in [0.05, 0.1) is 46.3 Å². The van der Waals surface area contributed by atoms with E-state index in [1.165, 1.54) is 12.8 Å². The van der Waals surface area contributed by atoms with Crippen LogP contribution in [-0.4, -0.2) is 75.3 Å². The Labute approximate surface area is 202 Å². The van der Waals surface area contributed by atoms with Crippen LogP contribution in [0.2, 0.25) is 0 Å². The predicted octanol–water partition coefficient (Wildman–Crippen LogP) is 3.57. The fourth-order valence-corrected chi connectivity index (χ4v) is 6.08. The van der Waals surface area contributed by atoms with Gasteiger partial charge in [0, 0.05) is 49.4 Å². The van der Waals surface area contributed by atoms with Gasteiger partial charge in [-0.05, 0) is 38.8 Å². The van der Waals surface area contributed by atoms with E-state index in [4.69, 9.17) is 9.72 Å². The number of anilines is 2. The average molecular weight is 480 g/mol. The molecule has 5 heterocycles. The lowest BCUT2D eigenvalue weighted by Crippen LogP contribution is -2.46. The number of hydrogen-bond donors (Lipinski definition) is 2. The third kappa shape index (κ3) is 3.89. The Morgan fingerprint density at radius 2 is 2.09 bits per heavy atom. The number of carbonyl (C=O) groups is 1. The first-order chi connectivity index (χ1) is 16.5. The summed E-state index contributed by atoms with van der Waals surface area (Å²) in [7, 11) is 0. The molecule has 6 rings (SSSR count). The summed E-state index contributed by atoms with van der Waals surface area (Å²) in [6.45, 7) is 9.27. The molecule has 1 amide bonds. The average Bonchev–Trinajstić information content (AvgIpc) is 3.34. The maximum atomic E-state index is 13.3. The standard InChI is InChI=1S/C24H29N7O2S/c1-24(2)21-16(22(32)31(24)8-7-30-9-11-33-12-10-30)13-19(34-21)17-5-6-25-23(27-17)28-18-14-26-29-20(18)15-3-4-15/h5-6,13-15H,3-4,7-12H2,1-2H3,(H,26,29)(H,25,27,28). The molecule has 0 atom stereocenters. The molecule has 0 spiro atoms. The van der Waals surface area contributed by atoms with Crippen LogP contribution in [-0.2, 0) is 10.3 Å². The summed E-state index contributed by atoms with van der Waals surface area (Å²) in [5.41, 5.74) is 3.25. The summed E-state index contributed by atoms with van der Waals surface area (Å²) in [5, 5.41) is 10.6. The number of morpholine rings is 1. The molecule has 0 radical (unpaired) electrons. The number of aromatic amines is 1. The topological polar surface area (TPSA) is 99.3 Å². The zero-order valence-corrected chi connectivity index (χ0v) is 20.3. The fourth-order valence-electron chi connectivity index (χ4n) is 4.84. The molecule has 2 fully saturated rings. The highest BCUT2D eigenvalue weighted by Gasteiger charge is 2.45. The van der Waals surface area contributed by atoms with E-state index in [-0.39, 0.29) is 11.4 Å². The van der Waals surface area contributed by atoms with Crippen molar-refractivity contribution in [1.29, 1.82) is 0 Å². The van der Waals surface area contributed by atoms with Crippen molar-refractivity contribution in [2.24, 2.45) is 0 Å². The summed E-state index contributed by atoms with van der Waals surface area (Å²) in [6.07, 6.45) is 5.97. The van der Waals surface area contributed by atoms with E-state index in [0.717, 1.165) is 71.8 Å². The predicted molar refractivity (Wildman–Crippen MR) is 131 cm³/mol. The van der Waals surface area contributed by atoms with Crippen molar-refractivity contribution in [3.8, 4) is 10.6 Å². The Morgan fingerprint density at radius 3 is 2.85 bits per heavy atom. The van der Waals surface area contributed by atoms with Crippen molar-refractivity contribution in [2.75, 3.05) is 44.7 Å². The second-order valence-corrected chi connectivity index (χ2v) is 10.7. The van der Waals surface area contributed by atoms with Crippen LogP contribution < -0.4 is 5.32 Å². The Bertz CT molecular complexity index is 1210. The van der Waals surface area contributed by atoms with E-state index in [1.54, 1.807) is 17.5 Å². The van der Waals surface area contributed by atoms with Crippen molar-refractivity contribution in [3.05, 3.63) is 40.7 Å². The van der Waals surface area contributed by atoms with Gasteiger partial charge >= 0.3 is 0 Å². The van der Waals surface area contributed by atoms with Crippen LogP contribution in [0.4, 0.5) is 11.6 Å². The lowest BCUT2D eigenvalue weighted by molar-refractivity contribution is 0.0263. The first-order valence-electron chi connectivity index (χ1n) is 11.9. The molecule has 1 aliphatic carbocycles. The van der Waals surface area contributed by atoms with Crippen molar-refractivity contribution >= 4 is 28.9 Å². The summed E-state index contributed by atoms with van der Waals surface area (Å²) in [5.74, 6) is 1.17. The van der Waals surface area contributed by atoms with E-state index in [9.17, 15) is 4.79 Å². The van der Waals surface area contributed by atoms with Crippen LogP contribution in [0.1, 0.15) is 53.5 Å². The molecule has 3 aliphatic rings. The quantitative estimate of drug-likeness (QED) is 0.534. The highest BCUT2D eigenvalue weighted by Crippen LogP contribution is 2.46. The van der Waals surface area contributed by atoms with E-state index in [1.807, 2.05) is 23.2 Å². The van der Waals surface area contributed by atoms with E-state index in [2.05, 4.69) is 39.2 Å². The van der Waals surface area contributed by atoms with Gasteiger partial charge in [-0.25, -0.2) is 9.97 Å². The van der Waals surface area contributed by atoms with Crippen LogP contribution in [0.25, 0.3) is 10.6 Å². The SMILES string of the molecule is CC1(C)c2sc(-c3ccnc(Nc4c[nH]nc4C4CC4)n3)cc2C(=O)N1CCN1CCOCC1. The minimum atomic E-state index is -0.342. The minimum absolute atomic E-state index is 0.107. The van der Waals surface area contributed by atoms with E-state index in [0.29, 0.717) is 11.9 Å². The Balaban J connectivity index is 1.20. The molecule has 2 N–H and O–H groups in total. The van der Waals surface area contributed by atoms with Crippen molar-refractivity contribution in [1.82, 2.24) is 30.0 Å². The number of thiophene rings is 1. The zero-order valence-electron chi connectivity index (χ0n) is 19.5. The van der Waals surface area contributed by atoms with Crippen LogP contribution in [0.3, 0.4) is 0 Å².